The third-order valence-corrected chi connectivity index (χ3v) is 3.74. The van der Waals surface area contributed by atoms with Gasteiger partial charge in [0.05, 0.1) is 14.2 Å². The molecule has 0 saturated heterocycles. The number of hydrogen-bond donors (Lipinski definition) is 2. The largest absolute Gasteiger partial charge is 0.494 e. The molecule has 0 aromatic heterocycles. The Bertz CT molecular complexity index is 681. The Morgan fingerprint density at radius 3 is 1.92 bits per heavy atom. The molecule has 0 heterocycles. The lowest BCUT2D eigenvalue weighted by molar-refractivity contribution is 0.0962. The summed E-state index contributed by atoms with van der Waals surface area (Å²) in [5.74, 6) is 0.930. The Balaban J connectivity index is 2.11. The first-order chi connectivity index (χ1) is 11.4. The molecule has 0 aliphatic heterocycles. The van der Waals surface area contributed by atoms with Gasteiger partial charge < -0.3 is 9.47 Å². The van der Waals surface area contributed by atoms with Gasteiger partial charge in [-0.1, -0.05) is 39.0 Å². The second-order valence-electron chi connectivity index (χ2n) is 6.44. The predicted molar refractivity (Wildman–Crippen MR) is 95.8 cm³/mol. The maximum absolute atomic E-state index is 12.3. The van der Waals surface area contributed by atoms with Crippen molar-refractivity contribution in [3.8, 4) is 11.5 Å². The highest BCUT2D eigenvalue weighted by molar-refractivity contribution is 5.95. The number of hydrazine groups is 1. The number of amides is 1. The maximum Gasteiger partial charge on any atom is 0.269 e. The fourth-order valence-electron chi connectivity index (χ4n) is 2.29. The van der Waals surface area contributed by atoms with Gasteiger partial charge in [-0.05, 0) is 35.2 Å². The van der Waals surface area contributed by atoms with E-state index in [1.807, 2.05) is 30.3 Å². The molecule has 2 aromatic rings. The Labute approximate surface area is 143 Å². The van der Waals surface area contributed by atoms with E-state index in [9.17, 15) is 4.79 Å². The van der Waals surface area contributed by atoms with Crippen LogP contribution in [0.25, 0.3) is 0 Å². The molecule has 0 radical (unpaired) electrons. The van der Waals surface area contributed by atoms with Crippen molar-refractivity contribution in [1.29, 1.82) is 0 Å². The smallest absolute Gasteiger partial charge is 0.269 e. The van der Waals surface area contributed by atoms with Gasteiger partial charge in [0.2, 0.25) is 0 Å². The van der Waals surface area contributed by atoms with Crippen molar-refractivity contribution in [3.63, 3.8) is 0 Å². The zero-order valence-corrected chi connectivity index (χ0v) is 14.8. The maximum atomic E-state index is 12.3. The van der Waals surface area contributed by atoms with Crippen molar-refractivity contribution in [1.82, 2.24) is 5.43 Å². The van der Waals surface area contributed by atoms with Gasteiger partial charge in [-0.25, -0.2) is 0 Å². The zero-order chi connectivity index (χ0) is 17.7. The molecule has 2 N–H and O–H groups in total. The van der Waals surface area contributed by atoms with Gasteiger partial charge in [-0.15, -0.1) is 0 Å². The van der Waals surface area contributed by atoms with Crippen LogP contribution in [0.5, 0.6) is 11.5 Å². The van der Waals surface area contributed by atoms with Crippen molar-refractivity contribution in [2.24, 2.45) is 0 Å². The normalized spacial score (nSPS) is 10.9. The Hall–Kier alpha value is -2.69. The molecule has 2 rings (SSSR count). The molecule has 0 atom stereocenters. The van der Waals surface area contributed by atoms with E-state index in [0.717, 1.165) is 0 Å². The highest BCUT2D eigenvalue weighted by Gasteiger charge is 2.15. The summed E-state index contributed by atoms with van der Waals surface area (Å²) in [6.07, 6.45) is 0. The number of methoxy groups -OCH3 is 2. The molecule has 5 heteroatoms. The fourth-order valence-corrected chi connectivity index (χ4v) is 2.29. The van der Waals surface area contributed by atoms with E-state index >= 15 is 0 Å². The highest BCUT2D eigenvalue weighted by atomic mass is 16.5. The van der Waals surface area contributed by atoms with Crippen LogP contribution in [-0.2, 0) is 5.41 Å². The average molecular weight is 328 g/mol. The molecule has 2 aromatic carbocycles. The van der Waals surface area contributed by atoms with Crippen molar-refractivity contribution < 1.29 is 14.3 Å². The Morgan fingerprint density at radius 2 is 1.46 bits per heavy atom. The average Bonchev–Trinajstić information content (AvgIpc) is 2.58. The summed E-state index contributed by atoms with van der Waals surface area (Å²) in [5.41, 5.74) is 7.93. The van der Waals surface area contributed by atoms with Crippen LogP contribution >= 0.6 is 0 Å². The summed E-state index contributed by atoms with van der Waals surface area (Å²) in [6.45, 7) is 6.41. The van der Waals surface area contributed by atoms with E-state index in [0.29, 0.717) is 22.7 Å². The predicted octanol–water partition coefficient (Wildman–Crippen LogP) is 3.76. The van der Waals surface area contributed by atoms with Gasteiger partial charge >= 0.3 is 0 Å². The van der Waals surface area contributed by atoms with E-state index in [4.69, 9.17) is 9.47 Å². The lowest BCUT2D eigenvalue weighted by Crippen LogP contribution is -2.29. The molecule has 1 amide bonds. The first-order valence-corrected chi connectivity index (χ1v) is 7.74. The third kappa shape index (κ3) is 3.98. The molecule has 0 aliphatic carbocycles. The first-order valence-electron chi connectivity index (χ1n) is 7.74. The van der Waals surface area contributed by atoms with E-state index in [1.165, 1.54) is 5.56 Å². The van der Waals surface area contributed by atoms with Crippen molar-refractivity contribution in [2.75, 3.05) is 19.6 Å². The topological polar surface area (TPSA) is 59.6 Å². The number of rotatable bonds is 5. The van der Waals surface area contributed by atoms with Crippen molar-refractivity contribution >= 4 is 11.6 Å². The second kappa shape index (κ2) is 7.25. The first kappa shape index (κ1) is 17.7. The number of para-hydroxylation sites is 1. The zero-order valence-electron chi connectivity index (χ0n) is 14.8. The number of carbonyl (C=O) groups is 1. The van der Waals surface area contributed by atoms with Gasteiger partial charge in [0.1, 0.15) is 17.2 Å². The second-order valence-corrected chi connectivity index (χ2v) is 6.44. The van der Waals surface area contributed by atoms with E-state index in [1.54, 1.807) is 26.4 Å². The standard InChI is InChI=1S/C19H24N2O3/c1-19(2,3)14-11-9-13(10-12-14)18(22)21-20-17-15(23-4)7-6-8-16(17)24-5/h6-12,20H,1-5H3,(H,21,22). The molecule has 0 bridgehead atoms. The van der Waals surface area contributed by atoms with Crippen LogP contribution in [0.4, 0.5) is 5.69 Å². The molecule has 24 heavy (non-hydrogen) atoms. The minimum atomic E-state index is -0.233. The van der Waals surface area contributed by atoms with E-state index < -0.39 is 0 Å². The Kier molecular flexibility index (Phi) is 5.34. The van der Waals surface area contributed by atoms with Crippen LogP contribution < -0.4 is 20.3 Å². The van der Waals surface area contributed by atoms with E-state index in [2.05, 4.69) is 31.6 Å². The SMILES string of the molecule is COc1cccc(OC)c1NNC(=O)c1ccc(C(C)(C)C)cc1. The summed E-state index contributed by atoms with van der Waals surface area (Å²) >= 11 is 0. The van der Waals surface area contributed by atoms with Crippen LogP contribution in [0, 0.1) is 0 Å². The summed E-state index contributed by atoms with van der Waals surface area (Å²) in [4.78, 5) is 12.3. The summed E-state index contributed by atoms with van der Waals surface area (Å²) < 4.78 is 10.6. The van der Waals surface area contributed by atoms with Gasteiger partial charge in [0.15, 0.2) is 0 Å². The van der Waals surface area contributed by atoms with Crippen LogP contribution in [0.1, 0.15) is 36.7 Å². The minimum Gasteiger partial charge on any atom is -0.494 e. The number of carbonyl (C=O) groups excluding carboxylic acids is 1. The molecule has 5 nitrogen and oxygen atoms in total. The number of benzene rings is 2. The van der Waals surface area contributed by atoms with Gasteiger partial charge in [-0.2, -0.15) is 0 Å². The molecule has 0 saturated carbocycles. The van der Waals surface area contributed by atoms with Crippen molar-refractivity contribution in [2.45, 2.75) is 26.2 Å². The lowest BCUT2D eigenvalue weighted by atomic mass is 9.87. The lowest BCUT2D eigenvalue weighted by Gasteiger charge is -2.19. The third-order valence-electron chi connectivity index (χ3n) is 3.74. The highest BCUT2D eigenvalue weighted by Crippen LogP contribution is 2.33. The minimum absolute atomic E-state index is 0.0536. The van der Waals surface area contributed by atoms with E-state index in [-0.39, 0.29) is 11.3 Å². The van der Waals surface area contributed by atoms with Crippen LogP contribution in [0.3, 0.4) is 0 Å². The monoisotopic (exact) mass is 328 g/mol. The van der Waals surface area contributed by atoms with Gasteiger partial charge in [-0.3, -0.25) is 15.6 Å². The summed E-state index contributed by atoms with van der Waals surface area (Å²) in [7, 11) is 3.12. The summed E-state index contributed by atoms with van der Waals surface area (Å²) in [6, 6.07) is 13.0. The molecule has 0 fully saturated rings. The van der Waals surface area contributed by atoms with Crippen LogP contribution in [-0.4, -0.2) is 20.1 Å². The fraction of sp³-hybridized carbons (Fsp3) is 0.316. The molecule has 128 valence electrons. The number of anilines is 1. The molecule has 0 spiro atoms. The van der Waals surface area contributed by atoms with Crippen LogP contribution in [0.15, 0.2) is 42.5 Å². The quantitative estimate of drug-likeness (QED) is 0.821. The number of ether oxygens (including phenoxy) is 2. The van der Waals surface area contributed by atoms with Gasteiger partial charge in [0.25, 0.3) is 5.91 Å². The summed E-state index contributed by atoms with van der Waals surface area (Å²) in [5, 5.41) is 0. The van der Waals surface area contributed by atoms with Gasteiger partial charge in [0, 0.05) is 5.56 Å². The Morgan fingerprint density at radius 1 is 0.917 bits per heavy atom. The van der Waals surface area contributed by atoms with Crippen molar-refractivity contribution in [3.05, 3.63) is 53.6 Å². The van der Waals surface area contributed by atoms with Crippen LogP contribution in [0.2, 0.25) is 0 Å². The molecular weight excluding hydrogens is 304 g/mol. The molecule has 0 aliphatic rings. The number of nitrogens with one attached hydrogen (secondary N) is 2. The molecular formula is C19H24N2O3. The number of hydrogen-bond acceptors (Lipinski definition) is 4. The molecule has 0 unspecified atom stereocenters.